The van der Waals surface area contributed by atoms with Crippen LogP contribution in [0, 0.1) is 3.57 Å². The number of carbonyl (C=O) groups excluding carboxylic acids is 1. The fraction of sp³-hybridized carbons (Fsp3) is 0.533. The van der Waals surface area contributed by atoms with Gasteiger partial charge in [0.15, 0.2) is 0 Å². The molecule has 0 bridgehead atoms. The fourth-order valence-corrected chi connectivity index (χ4v) is 3.29. The third-order valence-corrected chi connectivity index (χ3v) is 4.72. The number of benzene rings is 1. The summed E-state index contributed by atoms with van der Waals surface area (Å²) in [7, 11) is 0. The van der Waals surface area contributed by atoms with Gasteiger partial charge in [-0.3, -0.25) is 4.79 Å². The molecule has 3 nitrogen and oxygen atoms in total. The number of nitrogens with zero attached hydrogens (tertiary/aromatic N) is 1. The first-order chi connectivity index (χ1) is 9.61. The Morgan fingerprint density at radius 1 is 1.55 bits per heavy atom. The average Bonchev–Trinajstić information content (AvgIpc) is 2.93. The molecule has 1 heterocycles. The highest BCUT2D eigenvalue weighted by molar-refractivity contribution is 14.1. The Balaban J connectivity index is 2.14. The molecule has 2 rings (SSSR count). The first-order valence-corrected chi connectivity index (χ1v) is 8.55. The van der Waals surface area contributed by atoms with Gasteiger partial charge in [0.1, 0.15) is 0 Å². The standard InChI is InChI=1S/C15H20ClIN2O/c1-2-8-19(10-12-4-3-7-18-12)15(20)13-9-11(16)5-6-14(13)17/h5-6,9,12,18H,2-4,7-8,10H2,1H3. The van der Waals surface area contributed by atoms with Crippen LogP contribution >= 0.6 is 34.2 Å². The predicted molar refractivity (Wildman–Crippen MR) is 91.4 cm³/mol. The zero-order chi connectivity index (χ0) is 14.5. The quantitative estimate of drug-likeness (QED) is 0.759. The normalized spacial score (nSPS) is 18.2. The van der Waals surface area contributed by atoms with Crippen molar-refractivity contribution in [3.05, 3.63) is 32.4 Å². The van der Waals surface area contributed by atoms with Crippen LogP contribution in [0.15, 0.2) is 18.2 Å². The molecule has 0 aliphatic carbocycles. The molecule has 1 saturated heterocycles. The molecule has 110 valence electrons. The highest BCUT2D eigenvalue weighted by Gasteiger charge is 2.23. The molecule has 0 aromatic heterocycles. The van der Waals surface area contributed by atoms with Gasteiger partial charge in [-0.2, -0.15) is 0 Å². The predicted octanol–water partition coefficient (Wildman–Crippen LogP) is 3.55. The van der Waals surface area contributed by atoms with E-state index < -0.39 is 0 Å². The second kappa shape index (κ2) is 7.61. The summed E-state index contributed by atoms with van der Waals surface area (Å²) in [5.41, 5.74) is 0.713. The lowest BCUT2D eigenvalue weighted by Crippen LogP contribution is -2.41. The Labute approximate surface area is 139 Å². The summed E-state index contributed by atoms with van der Waals surface area (Å²) in [5, 5.41) is 4.07. The number of carbonyl (C=O) groups is 1. The van der Waals surface area contributed by atoms with Crippen LogP contribution < -0.4 is 5.32 Å². The van der Waals surface area contributed by atoms with Crippen LogP contribution in [0.3, 0.4) is 0 Å². The molecule has 1 aromatic rings. The minimum atomic E-state index is 0.0902. The van der Waals surface area contributed by atoms with E-state index in [4.69, 9.17) is 11.6 Å². The topological polar surface area (TPSA) is 32.3 Å². The molecular formula is C15H20ClIN2O. The van der Waals surface area contributed by atoms with Crippen LogP contribution in [-0.4, -0.2) is 36.5 Å². The number of halogens is 2. The molecule has 20 heavy (non-hydrogen) atoms. The third-order valence-electron chi connectivity index (χ3n) is 3.54. The lowest BCUT2D eigenvalue weighted by atomic mass is 10.1. The van der Waals surface area contributed by atoms with Crippen molar-refractivity contribution >= 4 is 40.1 Å². The Bertz CT molecular complexity index is 475. The second-order valence-corrected chi connectivity index (χ2v) is 6.77. The number of nitrogens with one attached hydrogen (secondary N) is 1. The molecule has 0 spiro atoms. The van der Waals surface area contributed by atoms with Gasteiger partial charge in [0, 0.05) is 27.7 Å². The molecule has 5 heteroatoms. The van der Waals surface area contributed by atoms with Crippen LogP contribution in [0.4, 0.5) is 0 Å². The number of amides is 1. The van der Waals surface area contributed by atoms with Crippen molar-refractivity contribution in [3.63, 3.8) is 0 Å². The van der Waals surface area contributed by atoms with Gasteiger partial charge in [0.05, 0.1) is 5.56 Å². The van der Waals surface area contributed by atoms with Crippen LogP contribution in [0.2, 0.25) is 5.02 Å². The van der Waals surface area contributed by atoms with E-state index in [1.165, 1.54) is 6.42 Å². The molecule has 0 saturated carbocycles. The summed E-state index contributed by atoms with van der Waals surface area (Å²) in [6.07, 6.45) is 3.32. The molecule has 0 radical (unpaired) electrons. The van der Waals surface area contributed by atoms with Crippen molar-refractivity contribution in [3.8, 4) is 0 Å². The van der Waals surface area contributed by atoms with Gasteiger partial charge in [-0.05, 0) is 66.6 Å². The van der Waals surface area contributed by atoms with E-state index in [0.717, 1.165) is 36.0 Å². The van der Waals surface area contributed by atoms with Gasteiger partial charge in [-0.1, -0.05) is 18.5 Å². The second-order valence-electron chi connectivity index (χ2n) is 5.17. The van der Waals surface area contributed by atoms with E-state index in [1.54, 1.807) is 6.07 Å². The lowest BCUT2D eigenvalue weighted by molar-refractivity contribution is 0.0741. The molecular weight excluding hydrogens is 387 g/mol. The summed E-state index contributed by atoms with van der Waals surface area (Å²) >= 11 is 8.22. The van der Waals surface area contributed by atoms with Crippen molar-refractivity contribution in [2.45, 2.75) is 32.2 Å². The molecule has 1 amide bonds. The molecule has 1 fully saturated rings. The van der Waals surface area contributed by atoms with E-state index in [1.807, 2.05) is 17.0 Å². The molecule has 1 atom stereocenters. The Morgan fingerprint density at radius 3 is 3.00 bits per heavy atom. The van der Waals surface area contributed by atoms with Crippen molar-refractivity contribution in [1.29, 1.82) is 0 Å². The van der Waals surface area contributed by atoms with Crippen molar-refractivity contribution in [2.75, 3.05) is 19.6 Å². The van der Waals surface area contributed by atoms with Gasteiger partial charge >= 0.3 is 0 Å². The molecule has 1 aliphatic heterocycles. The van der Waals surface area contributed by atoms with Crippen LogP contribution in [0.1, 0.15) is 36.5 Å². The van der Waals surface area contributed by atoms with Gasteiger partial charge in [-0.15, -0.1) is 0 Å². The summed E-state index contributed by atoms with van der Waals surface area (Å²) in [6.45, 7) is 4.74. The molecule has 1 aliphatic rings. The minimum absolute atomic E-state index is 0.0902. The lowest BCUT2D eigenvalue weighted by Gasteiger charge is -2.26. The van der Waals surface area contributed by atoms with Crippen molar-refractivity contribution < 1.29 is 4.79 Å². The van der Waals surface area contributed by atoms with Crippen molar-refractivity contribution in [2.24, 2.45) is 0 Å². The fourth-order valence-electron chi connectivity index (χ4n) is 2.56. The van der Waals surface area contributed by atoms with E-state index >= 15 is 0 Å². The minimum Gasteiger partial charge on any atom is -0.337 e. The number of hydrogen-bond donors (Lipinski definition) is 1. The number of rotatable bonds is 5. The van der Waals surface area contributed by atoms with E-state index in [9.17, 15) is 4.79 Å². The Hall–Kier alpha value is -0.330. The Morgan fingerprint density at radius 2 is 2.35 bits per heavy atom. The van der Waals surface area contributed by atoms with Gasteiger partial charge in [-0.25, -0.2) is 0 Å². The van der Waals surface area contributed by atoms with Crippen molar-refractivity contribution in [1.82, 2.24) is 10.2 Å². The summed E-state index contributed by atoms with van der Waals surface area (Å²) < 4.78 is 0.956. The average molecular weight is 407 g/mol. The Kier molecular flexibility index (Phi) is 6.11. The summed E-state index contributed by atoms with van der Waals surface area (Å²) in [6, 6.07) is 5.93. The van der Waals surface area contributed by atoms with Gasteiger partial charge in [0.25, 0.3) is 5.91 Å². The largest absolute Gasteiger partial charge is 0.337 e. The molecule has 1 unspecified atom stereocenters. The van der Waals surface area contributed by atoms with Gasteiger partial charge in [0.2, 0.25) is 0 Å². The maximum atomic E-state index is 12.7. The maximum Gasteiger partial charge on any atom is 0.255 e. The molecule has 1 aromatic carbocycles. The van der Waals surface area contributed by atoms with E-state index in [-0.39, 0.29) is 5.91 Å². The first kappa shape index (κ1) is 16.0. The van der Waals surface area contributed by atoms with Crippen LogP contribution in [-0.2, 0) is 0 Å². The maximum absolute atomic E-state index is 12.7. The summed E-state index contributed by atoms with van der Waals surface area (Å²) in [5.74, 6) is 0.0902. The smallest absolute Gasteiger partial charge is 0.255 e. The number of hydrogen-bond acceptors (Lipinski definition) is 2. The zero-order valence-electron chi connectivity index (χ0n) is 11.7. The van der Waals surface area contributed by atoms with Gasteiger partial charge < -0.3 is 10.2 Å². The van der Waals surface area contributed by atoms with Crippen LogP contribution in [0.5, 0.6) is 0 Å². The highest BCUT2D eigenvalue weighted by Crippen LogP contribution is 2.20. The monoisotopic (exact) mass is 406 g/mol. The summed E-state index contributed by atoms with van der Waals surface area (Å²) in [4.78, 5) is 14.7. The highest BCUT2D eigenvalue weighted by atomic mass is 127. The molecule has 1 N–H and O–H groups in total. The van der Waals surface area contributed by atoms with E-state index in [0.29, 0.717) is 16.6 Å². The third kappa shape index (κ3) is 4.09. The van der Waals surface area contributed by atoms with E-state index in [2.05, 4.69) is 34.8 Å². The SMILES string of the molecule is CCCN(CC1CCCN1)C(=O)c1cc(Cl)ccc1I. The zero-order valence-corrected chi connectivity index (χ0v) is 14.6. The first-order valence-electron chi connectivity index (χ1n) is 7.09. The van der Waals surface area contributed by atoms with Crippen LogP contribution in [0.25, 0.3) is 0 Å².